The van der Waals surface area contributed by atoms with E-state index in [1.807, 2.05) is 31.0 Å². The first-order chi connectivity index (χ1) is 19.1. The maximum atomic E-state index is 5.84. The number of fused-ring (bicyclic) bond motifs is 1. The lowest BCUT2D eigenvalue weighted by Gasteiger charge is -2.41. The molecule has 0 aliphatic carbocycles. The second-order valence-electron chi connectivity index (χ2n) is 10.1. The summed E-state index contributed by atoms with van der Waals surface area (Å²) in [6.07, 6.45) is 5.76. The lowest BCUT2D eigenvalue weighted by atomic mass is 10.0. The predicted molar refractivity (Wildman–Crippen MR) is 155 cm³/mol. The molecule has 10 nitrogen and oxygen atoms in total. The summed E-state index contributed by atoms with van der Waals surface area (Å²) in [5.41, 5.74) is 6.00. The first kappa shape index (κ1) is 25.4. The van der Waals surface area contributed by atoms with Crippen LogP contribution in [0.15, 0.2) is 48.9 Å². The summed E-state index contributed by atoms with van der Waals surface area (Å²) in [6, 6.07) is 13.1. The van der Waals surface area contributed by atoms with Crippen molar-refractivity contribution in [2.24, 2.45) is 7.05 Å². The summed E-state index contributed by atoms with van der Waals surface area (Å²) < 4.78 is 13.3. The Labute approximate surface area is 228 Å². The molecule has 10 heteroatoms. The fraction of sp³-hybridized carbons (Fsp3) is 0.414. The van der Waals surface area contributed by atoms with Crippen LogP contribution in [-0.2, 0) is 11.8 Å². The molecular weight excluding hydrogens is 492 g/mol. The minimum absolute atomic E-state index is 0.636. The van der Waals surface area contributed by atoms with Crippen LogP contribution in [0.5, 0.6) is 5.75 Å². The number of benzene rings is 2. The zero-order chi connectivity index (χ0) is 26.8. The van der Waals surface area contributed by atoms with Crippen molar-refractivity contribution in [1.29, 1.82) is 0 Å². The lowest BCUT2D eigenvalue weighted by Crippen LogP contribution is -2.49. The molecule has 2 aromatic carbocycles. The van der Waals surface area contributed by atoms with Gasteiger partial charge in [0.2, 0.25) is 0 Å². The molecule has 0 saturated carbocycles. The molecule has 0 atom stereocenters. The van der Waals surface area contributed by atoms with Crippen LogP contribution in [0.1, 0.15) is 12.8 Å². The van der Waals surface area contributed by atoms with Crippen molar-refractivity contribution < 1.29 is 9.47 Å². The third-order valence-electron chi connectivity index (χ3n) is 7.93. The Hall–Kier alpha value is -3.89. The third-order valence-corrected chi connectivity index (χ3v) is 7.93. The average Bonchev–Trinajstić information content (AvgIpc) is 3.37. The molecule has 204 valence electrons. The Bertz CT molecular complexity index is 1440. The Morgan fingerprint density at radius 3 is 2.56 bits per heavy atom. The van der Waals surface area contributed by atoms with Gasteiger partial charge in [0.1, 0.15) is 17.9 Å². The molecule has 0 radical (unpaired) electrons. The maximum Gasteiger partial charge on any atom is 0.144 e. The van der Waals surface area contributed by atoms with Gasteiger partial charge in [0.15, 0.2) is 0 Å². The van der Waals surface area contributed by atoms with Gasteiger partial charge in [-0.15, -0.1) is 0 Å². The van der Waals surface area contributed by atoms with Crippen LogP contribution < -0.4 is 20.3 Å². The fourth-order valence-corrected chi connectivity index (χ4v) is 5.76. The summed E-state index contributed by atoms with van der Waals surface area (Å²) in [6.45, 7) is 5.83. The molecule has 2 saturated heterocycles. The van der Waals surface area contributed by atoms with Crippen molar-refractivity contribution in [2.45, 2.75) is 18.9 Å². The van der Waals surface area contributed by atoms with E-state index in [9.17, 15) is 0 Å². The highest BCUT2D eigenvalue weighted by atomic mass is 16.5. The topological polar surface area (TPSA) is 92.6 Å². The minimum atomic E-state index is 0.636. The number of piperidine rings is 1. The zero-order valence-corrected chi connectivity index (χ0v) is 22.9. The minimum Gasteiger partial charge on any atom is -0.494 e. The fourth-order valence-electron chi connectivity index (χ4n) is 5.76. The molecule has 2 fully saturated rings. The van der Waals surface area contributed by atoms with Crippen molar-refractivity contribution >= 4 is 33.8 Å². The molecule has 0 amide bonds. The van der Waals surface area contributed by atoms with Gasteiger partial charge >= 0.3 is 0 Å². The van der Waals surface area contributed by atoms with Gasteiger partial charge in [-0.2, -0.15) is 5.10 Å². The van der Waals surface area contributed by atoms with E-state index in [1.165, 1.54) is 0 Å². The summed E-state index contributed by atoms with van der Waals surface area (Å²) in [7, 11) is 5.62. The van der Waals surface area contributed by atoms with Crippen LogP contribution >= 0.6 is 0 Å². The molecule has 4 heterocycles. The van der Waals surface area contributed by atoms with E-state index in [0.29, 0.717) is 11.9 Å². The third kappa shape index (κ3) is 5.22. The van der Waals surface area contributed by atoms with Gasteiger partial charge in [0.25, 0.3) is 0 Å². The number of anilines is 4. The number of methoxy groups -OCH3 is 1. The van der Waals surface area contributed by atoms with Crippen molar-refractivity contribution in [3.63, 3.8) is 0 Å². The van der Waals surface area contributed by atoms with Gasteiger partial charge in [-0.25, -0.2) is 9.97 Å². The Balaban J connectivity index is 1.21. The molecule has 0 spiro atoms. The Morgan fingerprint density at radius 2 is 1.79 bits per heavy atom. The van der Waals surface area contributed by atoms with E-state index < -0.39 is 0 Å². The lowest BCUT2D eigenvalue weighted by molar-refractivity contribution is 0.0115. The number of nitrogens with zero attached hydrogens (tertiary/aromatic N) is 6. The van der Waals surface area contributed by atoms with Crippen LogP contribution in [0, 0.1) is 0 Å². The van der Waals surface area contributed by atoms with Gasteiger partial charge in [-0.1, -0.05) is 6.07 Å². The Morgan fingerprint density at radius 1 is 0.974 bits per heavy atom. The average molecular weight is 529 g/mol. The molecule has 4 aromatic rings. The summed E-state index contributed by atoms with van der Waals surface area (Å²) in [5.74, 6) is 1.47. The van der Waals surface area contributed by atoms with E-state index in [2.05, 4.69) is 65.8 Å². The largest absolute Gasteiger partial charge is 0.494 e. The maximum absolute atomic E-state index is 5.84. The van der Waals surface area contributed by atoms with Gasteiger partial charge in [-0.3, -0.25) is 9.58 Å². The molecule has 0 bridgehead atoms. The van der Waals surface area contributed by atoms with E-state index >= 15 is 0 Å². The second kappa shape index (κ2) is 11.1. The molecule has 6 rings (SSSR count). The number of aryl methyl sites for hydroxylation is 1. The van der Waals surface area contributed by atoms with Crippen LogP contribution in [0.25, 0.3) is 22.2 Å². The van der Waals surface area contributed by atoms with Crippen molar-refractivity contribution in [3.05, 3.63) is 48.9 Å². The first-order valence-corrected chi connectivity index (χ1v) is 13.6. The molecule has 2 aliphatic heterocycles. The monoisotopic (exact) mass is 528 g/mol. The molecule has 2 aliphatic rings. The van der Waals surface area contributed by atoms with Gasteiger partial charge in [-0.05, 0) is 31.0 Å². The second-order valence-corrected chi connectivity index (χ2v) is 10.1. The number of hydrogen-bond donors (Lipinski definition) is 2. The van der Waals surface area contributed by atoms with Gasteiger partial charge in [0.05, 0.1) is 54.8 Å². The smallest absolute Gasteiger partial charge is 0.144 e. The summed E-state index contributed by atoms with van der Waals surface area (Å²) in [5, 5.41) is 12.3. The van der Waals surface area contributed by atoms with Crippen LogP contribution in [-0.4, -0.2) is 84.2 Å². The number of ether oxygens (including phenoxy) is 2. The van der Waals surface area contributed by atoms with Crippen LogP contribution in [0.4, 0.5) is 22.9 Å². The number of aromatic nitrogens is 4. The van der Waals surface area contributed by atoms with E-state index in [1.54, 1.807) is 13.4 Å². The van der Waals surface area contributed by atoms with Crippen LogP contribution in [0.2, 0.25) is 0 Å². The quantitative estimate of drug-likeness (QED) is 0.367. The summed E-state index contributed by atoms with van der Waals surface area (Å²) in [4.78, 5) is 14.1. The van der Waals surface area contributed by atoms with Crippen molar-refractivity contribution in [1.82, 2.24) is 24.6 Å². The van der Waals surface area contributed by atoms with Crippen molar-refractivity contribution in [3.8, 4) is 17.0 Å². The Kier molecular flexibility index (Phi) is 7.21. The SMILES string of the molecule is CNc1cc(Nc2cc(-c3ccc4c(cnn4C)c3)ncn2)c(OC)cc1N1CCC(N2CCOCC2)CC1. The van der Waals surface area contributed by atoms with Gasteiger partial charge in [0, 0.05) is 69.4 Å². The highest BCUT2D eigenvalue weighted by Crippen LogP contribution is 2.39. The molecule has 2 N–H and O–H groups in total. The molecule has 39 heavy (non-hydrogen) atoms. The van der Waals surface area contributed by atoms with Crippen molar-refractivity contribution in [2.75, 3.05) is 69.1 Å². The van der Waals surface area contributed by atoms with E-state index in [4.69, 9.17) is 9.47 Å². The number of nitrogens with one attached hydrogen (secondary N) is 2. The van der Waals surface area contributed by atoms with E-state index in [0.717, 1.165) is 97.2 Å². The standard InChI is InChI=1S/C29H36N8O2/c1-30-24-15-25(28(38-3)17-27(24)37-8-6-22(7-9-37)36-10-12-39-13-11-36)34-29-16-23(31-19-32-29)20-4-5-26-21(14-20)18-33-35(26)2/h4-5,14-19,22,30H,6-13H2,1-3H3,(H,31,32,34). The molecular formula is C29H36N8O2. The van der Waals surface area contributed by atoms with Crippen LogP contribution in [0.3, 0.4) is 0 Å². The molecule has 2 aromatic heterocycles. The number of morpholine rings is 1. The highest BCUT2D eigenvalue weighted by molar-refractivity contribution is 5.85. The summed E-state index contributed by atoms with van der Waals surface area (Å²) >= 11 is 0. The molecule has 0 unspecified atom stereocenters. The predicted octanol–water partition coefficient (Wildman–Crippen LogP) is 4.13. The zero-order valence-electron chi connectivity index (χ0n) is 22.9. The van der Waals surface area contributed by atoms with E-state index in [-0.39, 0.29) is 0 Å². The highest BCUT2D eigenvalue weighted by Gasteiger charge is 2.27. The number of hydrogen-bond acceptors (Lipinski definition) is 9. The first-order valence-electron chi connectivity index (χ1n) is 13.6. The van der Waals surface area contributed by atoms with Gasteiger partial charge < -0.3 is 25.0 Å². The normalized spacial score (nSPS) is 16.9. The number of rotatable bonds is 7.